The fraction of sp³-hybridized carbons (Fsp3) is 0.286. The van der Waals surface area contributed by atoms with Crippen LogP contribution < -0.4 is 10.1 Å². The molecule has 2 aromatic rings. The Morgan fingerprint density at radius 2 is 2.30 bits per heavy atom. The van der Waals surface area contributed by atoms with E-state index < -0.39 is 0 Å². The van der Waals surface area contributed by atoms with Gasteiger partial charge in [-0.15, -0.1) is 0 Å². The van der Waals surface area contributed by atoms with Gasteiger partial charge in [0.2, 0.25) is 0 Å². The molecular formula is C14H17N3O3. The fourth-order valence-corrected chi connectivity index (χ4v) is 1.84. The van der Waals surface area contributed by atoms with Crippen molar-refractivity contribution in [2.45, 2.75) is 6.92 Å². The van der Waals surface area contributed by atoms with Crippen LogP contribution in [-0.2, 0) is 0 Å². The number of H-pyrrole nitrogens is 1. The first kappa shape index (κ1) is 14.1. The van der Waals surface area contributed by atoms with Crippen LogP contribution in [0, 0.1) is 6.92 Å². The molecule has 20 heavy (non-hydrogen) atoms. The molecule has 0 aliphatic rings. The zero-order chi connectivity index (χ0) is 14.5. The molecule has 6 nitrogen and oxygen atoms in total. The number of nitrogens with zero attached hydrogens (tertiary/aromatic N) is 1. The van der Waals surface area contributed by atoms with Crippen LogP contribution in [0.25, 0.3) is 11.4 Å². The molecule has 1 aromatic carbocycles. The van der Waals surface area contributed by atoms with Crippen LogP contribution in [0.5, 0.6) is 5.75 Å². The number of rotatable bonds is 5. The number of hydrogen-bond acceptors (Lipinski definition) is 4. The van der Waals surface area contributed by atoms with Crippen molar-refractivity contribution in [3.05, 3.63) is 35.7 Å². The number of aryl methyl sites for hydroxylation is 1. The van der Waals surface area contributed by atoms with Gasteiger partial charge < -0.3 is 20.1 Å². The number of nitrogens with one attached hydrogen (secondary N) is 2. The second kappa shape index (κ2) is 6.21. The summed E-state index contributed by atoms with van der Waals surface area (Å²) >= 11 is 0. The van der Waals surface area contributed by atoms with Crippen molar-refractivity contribution < 1.29 is 14.6 Å². The Morgan fingerprint density at radius 3 is 3.00 bits per heavy atom. The van der Waals surface area contributed by atoms with Crippen molar-refractivity contribution in [1.29, 1.82) is 0 Å². The van der Waals surface area contributed by atoms with Gasteiger partial charge in [-0.2, -0.15) is 0 Å². The van der Waals surface area contributed by atoms with E-state index in [1.807, 2.05) is 24.3 Å². The molecule has 0 unspecified atom stereocenters. The lowest BCUT2D eigenvalue weighted by atomic mass is 10.2. The largest absolute Gasteiger partial charge is 0.497 e. The molecule has 1 heterocycles. The molecule has 2 rings (SSSR count). The lowest BCUT2D eigenvalue weighted by Crippen LogP contribution is -2.27. The Hall–Kier alpha value is -2.34. The molecule has 3 N–H and O–H groups in total. The number of aliphatic hydroxyl groups is 1. The van der Waals surface area contributed by atoms with E-state index in [1.165, 1.54) is 0 Å². The second-order valence-corrected chi connectivity index (χ2v) is 4.27. The molecule has 0 spiro atoms. The summed E-state index contributed by atoms with van der Waals surface area (Å²) in [5, 5.41) is 11.3. The predicted octanol–water partition coefficient (Wildman–Crippen LogP) is 1.12. The van der Waals surface area contributed by atoms with Gasteiger partial charge in [-0.1, -0.05) is 12.1 Å². The highest BCUT2D eigenvalue weighted by atomic mass is 16.5. The maximum absolute atomic E-state index is 11.9. The normalized spacial score (nSPS) is 10.3. The number of hydrogen-bond donors (Lipinski definition) is 3. The number of carbonyl (C=O) groups is 1. The number of aromatic amines is 1. The minimum absolute atomic E-state index is 0.0993. The highest BCUT2D eigenvalue weighted by molar-refractivity contribution is 5.94. The standard InChI is InChI=1S/C14H17N3O3/c1-9-12(14(19)15-6-7-18)17-13(16-9)10-4-3-5-11(8-10)20-2/h3-5,8,18H,6-7H2,1-2H3,(H,15,19)(H,16,17). The fourth-order valence-electron chi connectivity index (χ4n) is 1.84. The van der Waals surface area contributed by atoms with Gasteiger partial charge >= 0.3 is 0 Å². The second-order valence-electron chi connectivity index (χ2n) is 4.27. The van der Waals surface area contributed by atoms with Crippen molar-refractivity contribution in [1.82, 2.24) is 15.3 Å². The van der Waals surface area contributed by atoms with E-state index in [0.717, 1.165) is 11.3 Å². The van der Waals surface area contributed by atoms with Crippen LogP contribution in [0.15, 0.2) is 24.3 Å². The van der Waals surface area contributed by atoms with Gasteiger partial charge in [0.25, 0.3) is 5.91 Å². The molecule has 0 saturated carbocycles. The monoisotopic (exact) mass is 275 g/mol. The van der Waals surface area contributed by atoms with E-state index in [-0.39, 0.29) is 19.1 Å². The van der Waals surface area contributed by atoms with Gasteiger partial charge in [0.05, 0.1) is 13.7 Å². The molecule has 1 amide bonds. The van der Waals surface area contributed by atoms with Crippen molar-refractivity contribution in [2.75, 3.05) is 20.3 Å². The molecule has 1 aromatic heterocycles. The van der Waals surface area contributed by atoms with E-state index in [1.54, 1.807) is 14.0 Å². The Kier molecular flexibility index (Phi) is 4.37. The summed E-state index contributed by atoms with van der Waals surface area (Å²) in [6, 6.07) is 7.43. The maximum atomic E-state index is 11.9. The predicted molar refractivity (Wildman–Crippen MR) is 74.7 cm³/mol. The van der Waals surface area contributed by atoms with E-state index in [9.17, 15) is 4.79 Å². The molecule has 0 fully saturated rings. The summed E-state index contributed by atoms with van der Waals surface area (Å²) in [5.41, 5.74) is 1.85. The Balaban J connectivity index is 2.28. The summed E-state index contributed by atoms with van der Waals surface area (Å²) in [6.07, 6.45) is 0. The number of aliphatic hydroxyl groups excluding tert-OH is 1. The topological polar surface area (TPSA) is 87.2 Å². The van der Waals surface area contributed by atoms with E-state index in [0.29, 0.717) is 17.2 Å². The third kappa shape index (κ3) is 2.97. The number of amides is 1. The van der Waals surface area contributed by atoms with E-state index >= 15 is 0 Å². The lowest BCUT2D eigenvalue weighted by molar-refractivity contribution is 0.0939. The van der Waals surface area contributed by atoms with Crippen LogP contribution in [0.1, 0.15) is 16.2 Å². The molecule has 106 valence electrons. The quantitative estimate of drug-likeness (QED) is 0.763. The zero-order valence-corrected chi connectivity index (χ0v) is 11.4. The Labute approximate surface area is 116 Å². The van der Waals surface area contributed by atoms with E-state index in [4.69, 9.17) is 9.84 Å². The van der Waals surface area contributed by atoms with Gasteiger partial charge in [-0.25, -0.2) is 4.98 Å². The number of benzene rings is 1. The van der Waals surface area contributed by atoms with Gasteiger partial charge in [0.1, 0.15) is 17.3 Å². The number of carbonyl (C=O) groups excluding carboxylic acids is 1. The van der Waals surface area contributed by atoms with Gasteiger partial charge in [-0.3, -0.25) is 4.79 Å². The summed E-state index contributed by atoms with van der Waals surface area (Å²) in [5.74, 6) is 1.03. The molecular weight excluding hydrogens is 258 g/mol. The first-order valence-electron chi connectivity index (χ1n) is 6.25. The third-order valence-electron chi connectivity index (χ3n) is 2.84. The molecule has 0 radical (unpaired) electrons. The van der Waals surface area contributed by atoms with Crippen LogP contribution in [-0.4, -0.2) is 41.2 Å². The molecule has 0 bridgehead atoms. The Morgan fingerprint density at radius 1 is 1.50 bits per heavy atom. The molecule has 0 aliphatic heterocycles. The average Bonchev–Trinajstić information content (AvgIpc) is 2.87. The zero-order valence-electron chi connectivity index (χ0n) is 11.4. The summed E-state index contributed by atoms with van der Waals surface area (Å²) in [6.45, 7) is 1.89. The number of methoxy groups -OCH3 is 1. The summed E-state index contributed by atoms with van der Waals surface area (Å²) < 4.78 is 5.17. The van der Waals surface area contributed by atoms with E-state index in [2.05, 4.69) is 15.3 Å². The molecule has 6 heteroatoms. The van der Waals surface area contributed by atoms with Gasteiger partial charge in [0, 0.05) is 17.8 Å². The average molecular weight is 275 g/mol. The van der Waals surface area contributed by atoms with Crippen molar-refractivity contribution in [3.8, 4) is 17.1 Å². The Bertz CT molecular complexity index is 607. The summed E-state index contributed by atoms with van der Waals surface area (Å²) in [4.78, 5) is 19.2. The van der Waals surface area contributed by atoms with Gasteiger partial charge in [-0.05, 0) is 19.1 Å². The SMILES string of the molecule is COc1cccc(-c2nc(C(=O)NCCO)c(C)[nH]2)c1. The van der Waals surface area contributed by atoms with Crippen molar-refractivity contribution >= 4 is 5.91 Å². The van der Waals surface area contributed by atoms with Crippen molar-refractivity contribution in [2.24, 2.45) is 0 Å². The van der Waals surface area contributed by atoms with Crippen LogP contribution in [0.2, 0.25) is 0 Å². The van der Waals surface area contributed by atoms with Crippen LogP contribution in [0.3, 0.4) is 0 Å². The molecule has 0 saturated heterocycles. The maximum Gasteiger partial charge on any atom is 0.271 e. The molecule has 0 aliphatic carbocycles. The first-order valence-corrected chi connectivity index (χ1v) is 6.25. The minimum atomic E-state index is -0.304. The van der Waals surface area contributed by atoms with Gasteiger partial charge in [0.15, 0.2) is 0 Å². The lowest BCUT2D eigenvalue weighted by Gasteiger charge is -2.01. The molecule has 0 atom stereocenters. The number of imidazole rings is 1. The van der Waals surface area contributed by atoms with Crippen LogP contribution in [0.4, 0.5) is 0 Å². The van der Waals surface area contributed by atoms with Crippen LogP contribution >= 0.6 is 0 Å². The van der Waals surface area contributed by atoms with Crippen molar-refractivity contribution in [3.63, 3.8) is 0 Å². The summed E-state index contributed by atoms with van der Waals surface area (Å²) in [7, 11) is 1.60. The number of aromatic nitrogens is 2. The highest BCUT2D eigenvalue weighted by Gasteiger charge is 2.15. The first-order chi connectivity index (χ1) is 9.65. The third-order valence-corrected chi connectivity index (χ3v) is 2.84. The highest BCUT2D eigenvalue weighted by Crippen LogP contribution is 2.22. The minimum Gasteiger partial charge on any atom is -0.497 e. The number of ether oxygens (including phenoxy) is 1. The smallest absolute Gasteiger partial charge is 0.271 e.